The summed E-state index contributed by atoms with van der Waals surface area (Å²) in [6.07, 6.45) is -8.53. The summed E-state index contributed by atoms with van der Waals surface area (Å²) in [5.41, 5.74) is -2.86. The van der Waals surface area contributed by atoms with Gasteiger partial charge in [0.25, 0.3) is 6.43 Å². The van der Waals surface area contributed by atoms with E-state index in [2.05, 4.69) is 4.98 Å². The molecule has 1 rings (SSSR count). The molecule has 0 radical (unpaired) electrons. The molecular weight excluding hydrogens is 358 g/mol. The van der Waals surface area contributed by atoms with Gasteiger partial charge >= 0.3 is 6.18 Å². The largest absolute Gasteiger partial charge is 0.418 e. The molecule has 0 aliphatic carbocycles. The Balaban J connectivity index is 3.42. The minimum atomic E-state index is -4.89. The molecule has 0 aliphatic heterocycles. The van der Waals surface area contributed by atoms with Crippen molar-refractivity contribution in [3.05, 3.63) is 26.6 Å². The molecule has 0 aliphatic rings. The fourth-order valence-corrected chi connectivity index (χ4v) is 1.76. The average molecular weight is 362 g/mol. The number of aromatic nitrogens is 1. The van der Waals surface area contributed by atoms with Crippen LogP contribution in [-0.2, 0) is 12.6 Å². The molecule has 0 aromatic carbocycles. The topological polar surface area (TPSA) is 36.7 Å². The molecule has 17 heavy (non-hydrogen) atoms. The minimum Gasteiger partial charge on any atom is -0.249 e. The van der Waals surface area contributed by atoms with Crippen LogP contribution in [0.2, 0.25) is 0 Å². The Labute approximate surface area is 107 Å². The van der Waals surface area contributed by atoms with Crippen molar-refractivity contribution in [1.82, 2.24) is 4.98 Å². The predicted octanol–water partition coefficient (Wildman–Crippen LogP) is 3.71. The van der Waals surface area contributed by atoms with Crippen molar-refractivity contribution in [1.29, 1.82) is 5.26 Å². The van der Waals surface area contributed by atoms with Gasteiger partial charge in [-0.15, -0.1) is 0 Å². The highest BCUT2D eigenvalue weighted by Crippen LogP contribution is 2.36. The van der Waals surface area contributed by atoms with E-state index < -0.39 is 23.9 Å². The highest BCUT2D eigenvalue weighted by molar-refractivity contribution is 14.1. The van der Waals surface area contributed by atoms with Crippen LogP contribution in [0.5, 0.6) is 0 Å². The summed E-state index contributed by atoms with van der Waals surface area (Å²) in [6.45, 7) is 0. The Morgan fingerprint density at radius 3 is 2.41 bits per heavy atom. The SMILES string of the molecule is N#CCc1nc(C(F)F)c(C(F)(F)F)cc1I. The number of pyridine rings is 1. The van der Waals surface area contributed by atoms with Gasteiger partial charge in [0.2, 0.25) is 0 Å². The molecule has 0 saturated carbocycles. The zero-order chi connectivity index (χ0) is 13.2. The van der Waals surface area contributed by atoms with Gasteiger partial charge in [0.1, 0.15) is 5.69 Å². The lowest BCUT2D eigenvalue weighted by Crippen LogP contribution is -2.13. The molecule has 0 N–H and O–H groups in total. The van der Waals surface area contributed by atoms with Crippen molar-refractivity contribution in [2.75, 3.05) is 0 Å². The van der Waals surface area contributed by atoms with Crippen molar-refractivity contribution in [2.45, 2.75) is 19.0 Å². The second kappa shape index (κ2) is 5.12. The van der Waals surface area contributed by atoms with Gasteiger partial charge in [-0.3, -0.25) is 0 Å². The van der Waals surface area contributed by atoms with E-state index in [4.69, 9.17) is 5.26 Å². The number of hydrogen-bond acceptors (Lipinski definition) is 2. The number of rotatable bonds is 2. The minimum absolute atomic E-state index is 0.0425. The number of nitriles is 1. The van der Waals surface area contributed by atoms with Gasteiger partial charge in [0.05, 0.1) is 23.7 Å². The molecular formula is C9H4F5IN2. The second-order valence-corrected chi connectivity index (χ2v) is 4.15. The van der Waals surface area contributed by atoms with Crippen LogP contribution in [0, 0.1) is 14.9 Å². The molecule has 1 aromatic heterocycles. The smallest absolute Gasteiger partial charge is 0.249 e. The first-order valence-electron chi connectivity index (χ1n) is 4.19. The molecule has 0 atom stereocenters. The third kappa shape index (κ3) is 3.24. The van der Waals surface area contributed by atoms with E-state index in [1.54, 1.807) is 6.07 Å². The maximum absolute atomic E-state index is 12.5. The molecule has 0 saturated heterocycles. The number of hydrogen-bond donors (Lipinski definition) is 0. The summed E-state index contributed by atoms with van der Waals surface area (Å²) in [7, 11) is 0. The molecule has 92 valence electrons. The van der Waals surface area contributed by atoms with Gasteiger partial charge in [-0.25, -0.2) is 13.8 Å². The van der Waals surface area contributed by atoms with Crippen molar-refractivity contribution >= 4 is 22.6 Å². The van der Waals surface area contributed by atoms with Crippen LogP contribution in [0.1, 0.15) is 23.4 Å². The van der Waals surface area contributed by atoms with Crippen molar-refractivity contribution in [3.8, 4) is 6.07 Å². The van der Waals surface area contributed by atoms with Crippen molar-refractivity contribution in [3.63, 3.8) is 0 Å². The molecule has 1 aromatic rings. The summed E-state index contributed by atoms with van der Waals surface area (Å²) >= 11 is 1.53. The molecule has 8 heteroatoms. The molecule has 0 spiro atoms. The van der Waals surface area contributed by atoms with Crippen molar-refractivity contribution < 1.29 is 22.0 Å². The normalized spacial score (nSPS) is 11.6. The van der Waals surface area contributed by atoms with Gasteiger partial charge in [-0.1, -0.05) is 0 Å². The number of nitrogens with zero attached hydrogens (tertiary/aromatic N) is 2. The van der Waals surface area contributed by atoms with E-state index in [1.807, 2.05) is 0 Å². The highest BCUT2D eigenvalue weighted by Gasteiger charge is 2.37. The summed E-state index contributed by atoms with van der Waals surface area (Å²) in [5, 5.41) is 8.40. The Hall–Kier alpha value is -0.980. The summed E-state index contributed by atoms with van der Waals surface area (Å²) < 4.78 is 62.4. The first kappa shape index (κ1) is 14.1. The third-order valence-electron chi connectivity index (χ3n) is 1.84. The zero-order valence-electron chi connectivity index (χ0n) is 8.02. The lowest BCUT2D eigenvalue weighted by Gasteiger charge is -2.13. The van der Waals surface area contributed by atoms with Crippen LogP contribution >= 0.6 is 22.6 Å². The standard InChI is InChI=1S/C9H4F5IN2/c10-8(11)7-4(9(12,13)14)3-5(15)6(17-7)1-2-16/h3,8H,1H2. The van der Waals surface area contributed by atoms with E-state index in [0.717, 1.165) is 0 Å². The Kier molecular flexibility index (Phi) is 4.24. The van der Waals surface area contributed by atoms with Crippen LogP contribution in [0.25, 0.3) is 0 Å². The monoisotopic (exact) mass is 362 g/mol. The van der Waals surface area contributed by atoms with Crippen LogP contribution in [0.4, 0.5) is 22.0 Å². The summed E-state index contributed by atoms with van der Waals surface area (Å²) in [4.78, 5) is 3.23. The fourth-order valence-electron chi connectivity index (χ4n) is 1.14. The van der Waals surface area contributed by atoms with E-state index >= 15 is 0 Å². The Morgan fingerprint density at radius 1 is 1.41 bits per heavy atom. The van der Waals surface area contributed by atoms with Gasteiger partial charge in [0.15, 0.2) is 0 Å². The summed E-state index contributed by atoms with van der Waals surface area (Å²) in [6, 6.07) is 2.24. The maximum atomic E-state index is 12.5. The van der Waals surface area contributed by atoms with E-state index in [-0.39, 0.29) is 15.7 Å². The Bertz CT molecular complexity index is 464. The van der Waals surface area contributed by atoms with Gasteiger partial charge in [0, 0.05) is 3.57 Å². The average Bonchev–Trinajstić information content (AvgIpc) is 2.19. The highest BCUT2D eigenvalue weighted by atomic mass is 127. The third-order valence-corrected chi connectivity index (χ3v) is 2.77. The molecule has 0 bridgehead atoms. The summed E-state index contributed by atoms with van der Waals surface area (Å²) in [5.74, 6) is 0. The fraction of sp³-hybridized carbons (Fsp3) is 0.333. The zero-order valence-corrected chi connectivity index (χ0v) is 10.2. The molecule has 0 unspecified atom stereocenters. The van der Waals surface area contributed by atoms with Gasteiger partial charge < -0.3 is 0 Å². The van der Waals surface area contributed by atoms with Crippen LogP contribution in [-0.4, -0.2) is 4.98 Å². The molecule has 0 fully saturated rings. The predicted molar refractivity (Wildman–Crippen MR) is 56.2 cm³/mol. The molecule has 2 nitrogen and oxygen atoms in total. The Morgan fingerprint density at radius 2 is 2.00 bits per heavy atom. The van der Waals surface area contributed by atoms with Gasteiger partial charge in [-0.2, -0.15) is 18.4 Å². The first-order valence-corrected chi connectivity index (χ1v) is 5.27. The van der Waals surface area contributed by atoms with E-state index in [9.17, 15) is 22.0 Å². The van der Waals surface area contributed by atoms with Crippen molar-refractivity contribution in [2.24, 2.45) is 0 Å². The van der Waals surface area contributed by atoms with Crippen LogP contribution in [0.15, 0.2) is 6.07 Å². The lowest BCUT2D eigenvalue weighted by atomic mass is 10.1. The van der Waals surface area contributed by atoms with Crippen LogP contribution in [0.3, 0.4) is 0 Å². The quantitative estimate of drug-likeness (QED) is 0.594. The van der Waals surface area contributed by atoms with Crippen LogP contribution < -0.4 is 0 Å². The van der Waals surface area contributed by atoms with Gasteiger partial charge in [-0.05, 0) is 28.7 Å². The molecule has 1 heterocycles. The van der Waals surface area contributed by atoms with E-state index in [0.29, 0.717) is 6.07 Å². The number of halogens is 6. The molecule has 0 amide bonds. The lowest BCUT2D eigenvalue weighted by molar-refractivity contribution is -0.140. The first-order chi connectivity index (χ1) is 7.77. The second-order valence-electron chi connectivity index (χ2n) is 2.98. The van der Waals surface area contributed by atoms with E-state index in [1.165, 1.54) is 22.6 Å². The maximum Gasteiger partial charge on any atom is 0.418 e. The number of alkyl halides is 5.